The molecule has 3 N–H and O–H groups in total. The highest BCUT2D eigenvalue weighted by Crippen LogP contribution is 2.06. The standard InChI is InChI=1S/C18H24N2O4/c1-12(2)16(19-13(3)21)17(22)20-15(18(23)24)11-7-10-14-8-5-4-6-9-14/h4-10,12,15-16H,11H2,1-3H3,(H,19,21)(H,20,22)(H,23,24)/b10-7+/t15-,16-/m1/s1. The van der Waals surface area contributed by atoms with Crippen molar-refractivity contribution in [1.82, 2.24) is 10.6 Å². The van der Waals surface area contributed by atoms with E-state index in [4.69, 9.17) is 0 Å². The van der Waals surface area contributed by atoms with Crippen LogP contribution >= 0.6 is 0 Å². The molecule has 2 amide bonds. The molecule has 2 atom stereocenters. The first-order valence-electron chi connectivity index (χ1n) is 7.83. The highest BCUT2D eigenvalue weighted by molar-refractivity contribution is 5.90. The van der Waals surface area contributed by atoms with Crippen molar-refractivity contribution in [3.05, 3.63) is 42.0 Å². The number of carbonyl (C=O) groups excluding carboxylic acids is 2. The van der Waals surface area contributed by atoms with Crippen molar-refractivity contribution >= 4 is 23.9 Å². The van der Waals surface area contributed by atoms with Gasteiger partial charge in [-0.2, -0.15) is 0 Å². The Labute approximate surface area is 141 Å². The van der Waals surface area contributed by atoms with Gasteiger partial charge in [-0.25, -0.2) is 4.79 Å². The maximum Gasteiger partial charge on any atom is 0.326 e. The molecule has 6 nitrogen and oxygen atoms in total. The van der Waals surface area contributed by atoms with Crippen LogP contribution in [-0.2, 0) is 14.4 Å². The van der Waals surface area contributed by atoms with Gasteiger partial charge in [-0.1, -0.05) is 56.3 Å². The molecule has 24 heavy (non-hydrogen) atoms. The topological polar surface area (TPSA) is 95.5 Å². The Morgan fingerprint density at radius 3 is 2.25 bits per heavy atom. The van der Waals surface area contributed by atoms with Crippen LogP contribution < -0.4 is 10.6 Å². The van der Waals surface area contributed by atoms with E-state index < -0.39 is 24.0 Å². The first kappa shape index (κ1) is 19.4. The summed E-state index contributed by atoms with van der Waals surface area (Å²) in [6, 6.07) is 7.65. The molecule has 0 heterocycles. The zero-order chi connectivity index (χ0) is 18.1. The lowest BCUT2D eigenvalue weighted by molar-refractivity contribution is -0.142. The fraction of sp³-hybridized carbons (Fsp3) is 0.389. The Kier molecular flexibility index (Phi) is 7.68. The maximum atomic E-state index is 12.3. The smallest absolute Gasteiger partial charge is 0.326 e. The third-order valence-corrected chi connectivity index (χ3v) is 3.40. The summed E-state index contributed by atoms with van der Waals surface area (Å²) in [6.07, 6.45) is 3.66. The molecular weight excluding hydrogens is 308 g/mol. The second-order valence-electron chi connectivity index (χ2n) is 5.87. The van der Waals surface area contributed by atoms with Crippen molar-refractivity contribution in [2.45, 2.75) is 39.3 Å². The molecular formula is C18H24N2O4. The normalized spacial score (nSPS) is 13.5. The van der Waals surface area contributed by atoms with Crippen molar-refractivity contribution in [1.29, 1.82) is 0 Å². The van der Waals surface area contributed by atoms with E-state index in [0.29, 0.717) is 0 Å². The number of benzene rings is 1. The summed E-state index contributed by atoms with van der Waals surface area (Å²) in [5.41, 5.74) is 0.950. The van der Waals surface area contributed by atoms with Gasteiger partial charge in [-0.15, -0.1) is 0 Å². The zero-order valence-corrected chi connectivity index (χ0v) is 14.2. The minimum atomic E-state index is -1.12. The molecule has 0 saturated carbocycles. The Balaban J connectivity index is 2.71. The Morgan fingerprint density at radius 2 is 1.75 bits per heavy atom. The second kappa shape index (κ2) is 9.50. The van der Waals surface area contributed by atoms with Gasteiger partial charge < -0.3 is 15.7 Å². The van der Waals surface area contributed by atoms with E-state index >= 15 is 0 Å². The summed E-state index contributed by atoms with van der Waals surface area (Å²) in [4.78, 5) is 34.8. The summed E-state index contributed by atoms with van der Waals surface area (Å²) in [6.45, 7) is 4.89. The van der Waals surface area contributed by atoms with E-state index in [1.165, 1.54) is 6.92 Å². The molecule has 1 aromatic carbocycles. The molecule has 0 aromatic heterocycles. The zero-order valence-electron chi connectivity index (χ0n) is 14.2. The molecule has 0 spiro atoms. The molecule has 0 fully saturated rings. The summed E-state index contributed by atoms with van der Waals surface area (Å²) < 4.78 is 0. The highest BCUT2D eigenvalue weighted by Gasteiger charge is 2.27. The van der Waals surface area contributed by atoms with Gasteiger partial charge >= 0.3 is 5.97 Å². The third kappa shape index (κ3) is 6.64. The number of rotatable bonds is 8. The number of carboxylic acids is 1. The van der Waals surface area contributed by atoms with Crippen LogP contribution in [0.2, 0.25) is 0 Å². The van der Waals surface area contributed by atoms with Gasteiger partial charge in [-0.3, -0.25) is 9.59 Å². The molecule has 0 aliphatic rings. The van der Waals surface area contributed by atoms with Crippen LogP contribution in [0.1, 0.15) is 32.8 Å². The maximum absolute atomic E-state index is 12.3. The second-order valence-corrected chi connectivity index (χ2v) is 5.87. The number of hydrogen-bond acceptors (Lipinski definition) is 3. The fourth-order valence-electron chi connectivity index (χ4n) is 2.14. The highest BCUT2D eigenvalue weighted by atomic mass is 16.4. The molecule has 0 unspecified atom stereocenters. The van der Waals surface area contributed by atoms with Gasteiger partial charge in [0.05, 0.1) is 0 Å². The van der Waals surface area contributed by atoms with E-state index in [2.05, 4.69) is 10.6 Å². The Bertz CT molecular complexity index is 596. The molecule has 1 rings (SSSR count). The molecule has 130 valence electrons. The lowest BCUT2D eigenvalue weighted by atomic mass is 10.0. The minimum Gasteiger partial charge on any atom is -0.480 e. The van der Waals surface area contributed by atoms with E-state index in [-0.39, 0.29) is 18.2 Å². The first-order chi connectivity index (χ1) is 11.3. The molecule has 0 radical (unpaired) electrons. The first-order valence-corrected chi connectivity index (χ1v) is 7.83. The van der Waals surface area contributed by atoms with Crippen LogP contribution in [0.4, 0.5) is 0 Å². The lowest BCUT2D eigenvalue weighted by Crippen LogP contribution is -2.53. The van der Waals surface area contributed by atoms with E-state index in [1.807, 2.05) is 30.3 Å². The lowest BCUT2D eigenvalue weighted by Gasteiger charge is -2.23. The summed E-state index contributed by atoms with van der Waals surface area (Å²) in [5, 5.41) is 14.3. The molecule has 0 saturated heterocycles. The van der Waals surface area contributed by atoms with Gasteiger partial charge in [0.25, 0.3) is 0 Å². The van der Waals surface area contributed by atoms with Crippen LogP contribution in [0.3, 0.4) is 0 Å². The quantitative estimate of drug-likeness (QED) is 0.676. The number of amides is 2. The van der Waals surface area contributed by atoms with E-state index in [1.54, 1.807) is 26.0 Å². The average Bonchev–Trinajstić information content (AvgIpc) is 2.51. The summed E-state index contributed by atoms with van der Waals surface area (Å²) in [5.74, 6) is -2.10. The monoisotopic (exact) mass is 332 g/mol. The van der Waals surface area contributed by atoms with Crippen LogP contribution in [0.5, 0.6) is 0 Å². The van der Waals surface area contributed by atoms with E-state index in [9.17, 15) is 19.5 Å². The van der Waals surface area contributed by atoms with Gasteiger partial charge in [0.15, 0.2) is 0 Å². The minimum absolute atomic E-state index is 0.150. The van der Waals surface area contributed by atoms with E-state index in [0.717, 1.165) is 5.56 Å². The summed E-state index contributed by atoms with van der Waals surface area (Å²) >= 11 is 0. The Morgan fingerprint density at radius 1 is 1.12 bits per heavy atom. The SMILES string of the molecule is CC(=O)N[C@@H](C(=O)N[C@H](C/C=C/c1ccccc1)C(=O)O)C(C)C. The number of carboxylic acid groups (broad SMARTS) is 1. The van der Waals surface area contributed by atoms with Crippen LogP contribution in [0, 0.1) is 5.92 Å². The Hall–Kier alpha value is -2.63. The molecule has 0 aliphatic carbocycles. The molecule has 0 aliphatic heterocycles. The number of nitrogens with one attached hydrogen (secondary N) is 2. The van der Waals surface area contributed by atoms with Crippen molar-refractivity contribution in [3.63, 3.8) is 0 Å². The van der Waals surface area contributed by atoms with Crippen molar-refractivity contribution in [2.24, 2.45) is 5.92 Å². The van der Waals surface area contributed by atoms with Crippen molar-refractivity contribution < 1.29 is 19.5 Å². The average molecular weight is 332 g/mol. The third-order valence-electron chi connectivity index (χ3n) is 3.40. The van der Waals surface area contributed by atoms with Crippen molar-refractivity contribution in [2.75, 3.05) is 0 Å². The van der Waals surface area contributed by atoms with Gasteiger partial charge in [0, 0.05) is 6.92 Å². The fourth-order valence-corrected chi connectivity index (χ4v) is 2.14. The van der Waals surface area contributed by atoms with Gasteiger partial charge in [-0.05, 0) is 17.9 Å². The molecule has 1 aromatic rings. The molecule has 0 bridgehead atoms. The predicted octanol–water partition coefficient (Wildman–Crippen LogP) is 1.82. The van der Waals surface area contributed by atoms with Crippen LogP contribution in [0.15, 0.2) is 36.4 Å². The largest absolute Gasteiger partial charge is 0.480 e. The van der Waals surface area contributed by atoms with Crippen LogP contribution in [0.25, 0.3) is 6.08 Å². The molecule has 6 heteroatoms. The van der Waals surface area contributed by atoms with Crippen LogP contribution in [-0.4, -0.2) is 35.0 Å². The summed E-state index contributed by atoms with van der Waals surface area (Å²) in [7, 11) is 0. The van der Waals surface area contributed by atoms with Gasteiger partial charge in [0.2, 0.25) is 11.8 Å². The van der Waals surface area contributed by atoms with Crippen molar-refractivity contribution in [3.8, 4) is 0 Å². The number of hydrogen-bond donors (Lipinski definition) is 3. The predicted molar refractivity (Wildman–Crippen MR) is 92.1 cm³/mol. The number of carbonyl (C=O) groups is 3. The number of aliphatic carboxylic acids is 1. The van der Waals surface area contributed by atoms with Gasteiger partial charge in [0.1, 0.15) is 12.1 Å².